The quantitative estimate of drug-likeness (QED) is 0.789. The monoisotopic (exact) mass is 290 g/mol. The highest BCUT2D eigenvalue weighted by Gasteiger charge is 2.25. The van der Waals surface area contributed by atoms with E-state index in [1.165, 1.54) is 24.3 Å². The van der Waals surface area contributed by atoms with Gasteiger partial charge in [0.05, 0.1) is 10.8 Å². The van der Waals surface area contributed by atoms with E-state index in [9.17, 15) is 13.4 Å². The van der Waals surface area contributed by atoms with E-state index < -0.39 is 16.0 Å². The van der Waals surface area contributed by atoms with Gasteiger partial charge in [0.1, 0.15) is 11.1 Å². The largest absolute Gasteiger partial charge is 0.293 e. The van der Waals surface area contributed by atoms with Gasteiger partial charge in [-0.3, -0.25) is 9.00 Å². The topological polar surface area (TPSA) is 34.1 Å². The molecule has 0 aliphatic rings. The van der Waals surface area contributed by atoms with E-state index in [0.29, 0.717) is 16.9 Å². The number of Topliss-reactive ketones (excluding diaryl/α,β-unsaturated/α-hetero) is 1. The Balaban J connectivity index is 2.26. The Kier molecular flexibility index (Phi) is 4.79. The van der Waals surface area contributed by atoms with Gasteiger partial charge in [0, 0.05) is 10.5 Å². The summed E-state index contributed by atoms with van der Waals surface area (Å²) < 4.78 is 25.4. The molecule has 4 heteroatoms. The Morgan fingerprint density at radius 1 is 1.10 bits per heavy atom. The first-order chi connectivity index (χ1) is 9.63. The van der Waals surface area contributed by atoms with Crippen LogP contribution in [0.15, 0.2) is 59.5 Å². The van der Waals surface area contributed by atoms with E-state index in [0.717, 1.165) is 0 Å². The first kappa shape index (κ1) is 14.6. The zero-order chi connectivity index (χ0) is 14.5. The summed E-state index contributed by atoms with van der Waals surface area (Å²) in [4.78, 5) is 12.9. The summed E-state index contributed by atoms with van der Waals surface area (Å²) in [5.41, 5.74) is 0.551. The number of carbonyl (C=O) groups excluding carboxylic acids is 1. The molecule has 104 valence electrons. The van der Waals surface area contributed by atoms with Crippen LogP contribution in [0.3, 0.4) is 0 Å². The van der Waals surface area contributed by atoms with E-state index in [-0.39, 0.29) is 11.6 Å². The van der Waals surface area contributed by atoms with Crippen LogP contribution < -0.4 is 0 Å². The van der Waals surface area contributed by atoms with Gasteiger partial charge in [-0.25, -0.2) is 4.39 Å². The van der Waals surface area contributed by atoms with Crippen molar-refractivity contribution in [1.82, 2.24) is 0 Å². The van der Waals surface area contributed by atoms with Gasteiger partial charge in [-0.1, -0.05) is 37.3 Å². The first-order valence-electron chi connectivity index (χ1n) is 6.39. The van der Waals surface area contributed by atoms with Crippen LogP contribution in [0, 0.1) is 5.82 Å². The summed E-state index contributed by atoms with van der Waals surface area (Å²) in [5.74, 6) is -0.524. The predicted octanol–water partition coefficient (Wildman–Crippen LogP) is 3.59. The molecule has 0 bridgehead atoms. The van der Waals surface area contributed by atoms with Crippen molar-refractivity contribution < 1.29 is 13.4 Å². The van der Waals surface area contributed by atoms with Crippen molar-refractivity contribution in [3.8, 4) is 0 Å². The number of ketones is 1. The third-order valence-corrected chi connectivity index (χ3v) is 4.83. The molecule has 0 aromatic heterocycles. The summed E-state index contributed by atoms with van der Waals surface area (Å²) in [5, 5.41) is -0.608. The molecule has 0 radical (unpaired) electrons. The van der Waals surface area contributed by atoms with Gasteiger partial charge in [-0.05, 0) is 30.7 Å². The maximum atomic E-state index is 12.9. The molecule has 0 saturated carbocycles. The molecule has 0 spiro atoms. The smallest absolute Gasteiger partial charge is 0.178 e. The highest BCUT2D eigenvalue weighted by Crippen LogP contribution is 2.18. The molecule has 2 aromatic rings. The zero-order valence-electron chi connectivity index (χ0n) is 11.1. The molecule has 2 nitrogen and oxygen atoms in total. The van der Waals surface area contributed by atoms with Gasteiger partial charge in [0.15, 0.2) is 5.78 Å². The second-order valence-corrected chi connectivity index (χ2v) is 6.01. The van der Waals surface area contributed by atoms with Crippen LogP contribution in [0.2, 0.25) is 0 Å². The van der Waals surface area contributed by atoms with Crippen LogP contribution in [0.4, 0.5) is 4.39 Å². The third-order valence-electron chi connectivity index (χ3n) is 3.03. The minimum Gasteiger partial charge on any atom is -0.293 e. The fraction of sp³-hybridized carbons (Fsp3) is 0.188. The third kappa shape index (κ3) is 3.20. The normalized spacial score (nSPS) is 13.7. The van der Waals surface area contributed by atoms with Crippen molar-refractivity contribution in [2.45, 2.75) is 23.5 Å². The van der Waals surface area contributed by atoms with Gasteiger partial charge >= 0.3 is 0 Å². The van der Waals surface area contributed by atoms with Gasteiger partial charge in [-0.2, -0.15) is 0 Å². The second-order valence-electron chi connectivity index (χ2n) is 4.38. The van der Waals surface area contributed by atoms with Crippen LogP contribution in [0.5, 0.6) is 0 Å². The lowest BCUT2D eigenvalue weighted by molar-refractivity contribution is 0.0986. The summed E-state index contributed by atoms with van der Waals surface area (Å²) in [6, 6.07) is 14.3. The lowest BCUT2D eigenvalue weighted by Gasteiger charge is -2.13. The molecule has 0 aliphatic carbocycles. The summed E-state index contributed by atoms with van der Waals surface area (Å²) in [6.07, 6.45) is 0.470. The maximum Gasteiger partial charge on any atom is 0.178 e. The van der Waals surface area contributed by atoms with Crippen LogP contribution in [0.1, 0.15) is 23.7 Å². The number of benzene rings is 2. The van der Waals surface area contributed by atoms with E-state index in [4.69, 9.17) is 0 Å². The lowest BCUT2D eigenvalue weighted by Crippen LogP contribution is -2.25. The Labute approximate surface area is 120 Å². The fourth-order valence-corrected chi connectivity index (χ4v) is 3.32. The predicted molar refractivity (Wildman–Crippen MR) is 77.7 cm³/mol. The van der Waals surface area contributed by atoms with Crippen molar-refractivity contribution in [2.24, 2.45) is 0 Å². The molecule has 2 aromatic carbocycles. The van der Waals surface area contributed by atoms with Crippen LogP contribution >= 0.6 is 0 Å². The minimum absolute atomic E-state index is 0.143. The highest BCUT2D eigenvalue weighted by molar-refractivity contribution is 7.86. The fourth-order valence-electron chi connectivity index (χ4n) is 1.96. The van der Waals surface area contributed by atoms with E-state index in [1.54, 1.807) is 24.3 Å². The van der Waals surface area contributed by atoms with Crippen molar-refractivity contribution in [3.05, 3.63) is 66.0 Å². The molecular weight excluding hydrogens is 275 g/mol. The SMILES string of the molecule is CCC(C(=O)c1ccccc1)S(=O)c1ccc(F)cc1. The average molecular weight is 290 g/mol. The van der Waals surface area contributed by atoms with E-state index >= 15 is 0 Å². The Morgan fingerprint density at radius 2 is 1.70 bits per heavy atom. The van der Waals surface area contributed by atoms with Crippen molar-refractivity contribution >= 4 is 16.6 Å². The van der Waals surface area contributed by atoms with Gasteiger partial charge in [0.2, 0.25) is 0 Å². The Hall–Kier alpha value is -1.81. The molecule has 2 atom stereocenters. The van der Waals surface area contributed by atoms with Crippen molar-refractivity contribution in [3.63, 3.8) is 0 Å². The molecule has 0 fully saturated rings. The summed E-state index contributed by atoms with van der Waals surface area (Å²) in [6.45, 7) is 1.83. The minimum atomic E-state index is -1.48. The van der Waals surface area contributed by atoms with E-state index in [1.807, 2.05) is 13.0 Å². The van der Waals surface area contributed by atoms with Gasteiger partial charge in [-0.15, -0.1) is 0 Å². The van der Waals surface area contributed by atoms with Gasteiger partial charge < -0.3 is 0 Å². The maximum absolute atomic E-state index is 12.9. The molecule has 2 unspecified atom stereocenters. The number of rotatable bonds is 5. The van der Waals surface area contributed by atoms with Gasteiger partial charge in [0.25, 0.3) is 0 Å². The molecule has 20 heavy (non-hydrogen) atoms. The Morgan fingerprint density at radius 3 is 2.25 bits per heavy atom. The number of hydrogen-bond donors (Lipinski definition) is 0. The van der Waals surface area contributed by atoms with Crippen LogP contribution in [-0.4, -0.2) is 15.2 Å². The van der Waals surface area contributed by atoms with Crippen molar-refractivity contribution in [1.29, 1.82) is 0 Å². The number of hydrogen-bond acceptors (Lipinski definition) is 2. The molecular formula is C16H15FO2S. The van der Waals surface area contributed by atoms with Crippen LogP contribution in [0.25, 0.3) is 0 Å². The average Bonchev–Trinajstić information content (AvgIpc) is 2.49. The molecule has 0 aliphatic heterocycles. The first-order valence-corrected chi connectivity index (χ1v) is 7.60. The summed E-state index contributed by atoms with van der Waals surface area (Å²) >= 11 is 0. The lowest BCUT2D eigenvalue weighted by atomic mass is 10.1. The Bertz CT molecular complexity index is 608. The number of carbonyl (C=O) groups is 1. The van der Waals surface area contributed by atoms with Crippen molar-refractivity contribution in [2.75, 3.05) is 0 Å². The summed E-state index contributed by atoms with van der Waals surface area (Å²) in [7, 11) is -1.48. The molecule has 0 heterocycles. The number of halogens is 1. The molecule has 0 saturated heterocycles. The van der Waals surface area contributed by atoms with Crippen LogP contribution in [-0.2, 0) is 10.8 Å². The molecule has 0 amide bonds. The molecule has 2 rings (SSSR count). The standard InChI is InChI=1S/C16H15FO2S/c1-2-15(16(18)12-6-4-3-5-7-12)20(19)14-10-8-13(17)9-11-14/h3-11,15H,2H2,1H3. The van der Waals surface area contributed by atoms with E-state index in [2.05, 4.69) is 0 Å². The highest BCUT2D eigenvalue weighted by atomic mass is 32.2. The zero-order valence-corrected chi connectivity index (χ0v) is 11.9. The molecule has 0 N–H and O–H groups in total. The second kappa shape index (κ2) is 6.57.